The number of allylic oxidation sites excluding steroid dienone is 16. The summed E-state index contributed by atoms with van der Waals surface area (Å²) >= 11 is 0. The van der Waals surface area contributed by atoms with Gasteiger partial charge in [-0.15, -0.1) is 0 Å². The summed E-state index contributed by atoms with van der Waals surface area (Å²) in [5.41, 5.74) is 0. The van der Waals surface area contributed by atoms with Crippen LogP contribution in [0.25, 0.3) is 0 Å². The van der Waals surface area contributed by atoms with Gasteiger partial charge in [-0.2, -0.15) is 0 Å². The summed E-state index contributed by atoms with van der Waals surface area (Å²) in [4.78, 5) is 35.4. The molecule has 1 aliphatic carbocycles. The third-order valence-electron chi connectivity index (χ3n) is 8.11. The van der Waals surface area contributed by atoms with E-state index in [1.54, 1.807) is 0 Å². The molecule has 6 N–H and O–H groups in total. The zero-order valence-corrected chi connectivity index (χ0v) is 33.1. The van der Waals surface area contributed by atoms with Gasteiger partial charge in [0.15, 0.2) is 6.10 Å². The number of carbonyl (C=O) groups is 2. The quantitative estimate of drug-likeness (QED) is 0.0235. The second-order valence-electron chi connectivity index (χ2n) is 12.8. The van der Waals surface area contributed by atoms with E-state index >= 15 is 0 Å². The molecule has 0 radical (unpaired) electrons. The van der Waals surface area contributed by atoms with Gasteiger partial charge < -0.3 is 39.9 Å². The molecule has 8 atom stereocenters. The molecule has 0 bridgehead atoms. The van der Waals surface area contributed by atoms with Crippen LogP contribution in [-0.2, 0) is 32.7 Å². The number of aliphatic hydroxyl groups is 5. The predicted octanol–water partition coefficient (Wildman–Crippen LogP) is 5.93. The number of ether oxygens (including phenoxy) is 2. The van der Waals surface area contributed by atoms with E-state index in [0.29, 0.717) is 12.8 Å². The summed E-state index contributed by atoms with van der Waals surface area (Å²) in [6.45, 7) is 2.89. The van der Waals surface area contributed by atoms with Crippen LogP contribution in [0, 0.1) is 0 Å². The largest absolute Gasteiger partial charge is 0.472 e. The standard InChI is InChI=1S/C41H63O13P/c1-3-5-7-9-11-13-15-17-19-21-23-25-27-29-34(42)51-31-33(32-52-55(49,50)54-41-39(47)37(45)36(44)38(46)40(41)48)53-35(43)30-28-26-24-22-20-18-16-14-12-10-8-6-4-2/h5-20,33,36-41,44-48H,3-4,21-32H2,1-2H3,(H,49,50)/b7-5+,8-6+,11-9+,12-10+,15-13+,16-14+,19-17+,20-18+/t33?,36?,37-,38?,39?,40?,41?/m1/s1. The molecule has 7 unspecified atom stereocenters. The Morgan fingerprint density at radius 2 is 0.982 bits per heavy atom. The maximum atomic E-state index is 12.7. The van der Waals surface area contributed by atoms with E-state index in [-0.39, 0.29) is 12.8 Å². The van der Waals surface area contributed by atoms with Crippen molar-refractivity contribution in [2.24, 2.45) is 0 Å². The van der Waals surface area contributed by atoms with E-state index in [1.165, 1.54) is 0 Å². The molecule has 14 heteroatoms. The zero-order valence-electron chi connectivity index (χ0n) is 32.2. The molecule has 0 aromatic heterocycles. The molecule has 1 saturated carbocycles. The minimum absolute atomic E-state index is 0.0349. The first kappa shape index (κ1) is 49.8. The van der Waals surface area contributed by atoms with Gasteiger partial charge in [-0.3, -0.25) is 18.6 Å². The fourth-order valence-corrected chi connectivity index (χ4v) is 5.98. The molecule has 0 aromatic carbocycles. The first-order valence-electron chi connectivity index (χ1n) is 19.1. The van der Waals surface area contributed by atoms with Gasteiger partial charge in [-0.25, -0.2) is 4.57 Å². The molecule has 0 amide bonds. The molecule has 0 heterocycles. The summed E-state index contributed by atoms with van der Waals surface area (Å²) in [7, 11) is -5.14. The van der Waals surface area contributed by atoms with Gasteiger partial charge in [0.2, 0.25) is 0 Å². The Morgan fingerprint density at radius 3 is 1.45 bits per heavy atom. The summed E-state index contributed by atoms with van der Waals surface area (Å²) in [6.07, 6.45) is 26.3. The van der Waals surface area contributed by atoms with Gasteiger partial charge >= 0.3 is 19.8 Å². The van der Waals surface area contributed by atoms with Crippen molar-refractivity contribution in [2.45, 2.75) is 134 Å². The highest BCUT2D eigenvalue weighted by atomic mass is 31.2. The number of phosphoric ester groups is 1. The Bertz CT molecular complexity index is 1330. The number of hydrogen-bond donors (Lipinski definition) is 6. The van der Waals surface area contributed by atoms with Gasteiger partial charge in [0.25, 0.3) is 0 Å². The number of phosphoric acid groups is 1. The lowest BCUT2D eigenvalue weighted by Crippen LogP contribution is -2.64. The lowest BCUT2D eigenvalue weighted by Gasteiger charge is -2.41. The Labute approximate surface area is 326 Å². The van der Waals surface area contributed by atoms with E-state index in [2.05, 4.69) is 26.0 Å². The van der Waals surface area contributed by atoms with Crippen molar-refractivity contribution in [2.75, 3.05) is 13.2 Å². The van der Waals surface area contributed by atoms with Crippen molar-refractivity contribution in [1.29, 1.82) is 0 Å². The van der Waals surface area contributed by atoms with Crippen LogP contribution in [0.5, 0.6) is 0 Å². The van der Waals surface area contributed by atoms with Crippen molar-refractivity contribution >= 4 is 19.8 Å². The Balaban J connectivity index is 2.62. The maximum Gasteiger partial charge on any atom is 0.472 e. The van der Waals surface area contributed by atoms with E-state index in [4.69, 9.17) is 18.5 Å². The molecular weight excluding hydrogens is 731 g/mol. The maximum absolute atomic E-state index is 12.7. The van der Waals surface area contributed by atoms with E-state index in [9.17, 15) is 44.6 Å². The molecule has 0 spiro atoms. The van der Waals surface area contributed by atoms with E-state index in [1.807, 2.05) is 85.1 Å². The topological polar surface area (TPSA) is 210 Å². The van der Waals surface area contributed by atoms with Crippen LogP contribution in [0.3, 0.4) is 0 Å². The molecule has 1 rings (SSSR count). The number of esters is 2. The normalized spacial score (nSPS) is 24.1. The summed E-state index contributed by atoms with van der Waals surface area (Å²) in [5, 5.41) is 49.9. The molecule has 310 valence electrons. The van der Waals surface area contributed by atoms with Crippen LogP contribution in [0.2, 0.25) is 0 Å². The van der Waals surface area contributed by atoms with Gasteiger partial charge in [0, 0.05) is 12.8 Å². The van der Waals surface area contributed by atoms with Crippen LogP contribution in [0.4, 0.5) is 0 Å². The first-order chi connectivity index (χ1) is 26.4. The van der Waals surface area contributed by atoms with Crippen molar-refractivity contribution in [3.05, 3.63) is 97.2 Å². The molecule has 55 heavy (non-hydrogen) atoms. The molecule has 1 aliphatic rings. The number of rotatable bonds is 28. The third-order valence-corrected chi connectivity index (χ3v) is 9.10. The third kappa shape index (κ3) is 24.1. The fraction of sp³-hybridized carbons (Fsp3) is 0.561. The van der Waals surface area contributed by atoms with Crippen LogP contribution < -0.4 is 0 Å². The predicted molar refractivity (Wildman–Crippen MR) is 211 cm³/mol. The Hall–Kier alpha value is -3.23. The average molecular weight is 795 g/mol. The summed E-state index contributed by atoms with van der Waals surface area (Å²) in [5.74, 6) is -1.21. The van der Waals surface area contributed by atoms with E-state index < -0.39 is 75.7 Å². The zero-order chi connectivity index (χ0) is 40.7. The Morgan fingerprint density at radius 1 is 0.564 bits per heavy atom. The summed E-state index contributed by atoms with van der Waals surface area (Å²) < 4.78 is 33.2. The molecule has 13 nitrogen and oxygen atoms in total. The fourth-order valence-electron chi connectivity index (χ4n) is 5.01. The van der Waals surface area contributed by atoms with Gasteiger partial charge in [-0.05, 0) is 51.4 Å². The highest BCUT2D eigenvalue weighted by Crippen LogP contribution is 2.47. The minimum atomic E-state index is -5.14. The van der Waals surface area contributed by atoms with Gasteiger partial charge in [0.05, 0.1) is 6.61 Å². The average Bonchev–Trinajstić information content (AvgIpc) is 3.16. The number of hydrogen-bond acceptors (Lipinski definition) is 12. The van der Waals surface area contributed by atoms with E-state index in [0.717, 1.165) is 51.4 Å². The first-order valence-corrected chi connectivity index (χ1v) is 20.6. The molecular formula is C41H63O13P. The van der Waals surface area contributed by atoms with Crippen molar-refractivity contribution in [3.8, 4) is 0 Å². The number of carbonyl (C=O) groups excluding carboxylic acids is 2. The van der Waals surface area contributed by atoms with Crippen LogP contribution in [0.1, 0.15) is 90.9 Å². The second kappa shape index (κ2) is 30.9. The van der Waals surface area contributed by atoms with Crippen LogP contribution in [0.15, 0.2) is 97.2 Å². The molecule has 1 fully saturated rings. The molecule has 0 aliphatic heterocycles. The SMILES string of the molecule is CC/C=C/C=C/C=C/C=C/CCCCCC(=O)OCC(COP(=O)(O)OC1C(O)C(O)C(O)[C@@H](O)C1O)OC(=O)CCCCC/C=C/C=C/C=C/C=C/CC. The minimum Gasteiger partial charge on any atom is -0.462 e. The van der Waals surface area contributed by atoms with Crippen LogP contribution >= 0.6 is 7.82 Å². The van der Waals surface area contributed by atoms with Crippen molar-refractivity contribution in [3.63, 3.8) is 0 Å². The molecule has 0 saturated heterocycles. The highest BCUT2D eigenvalue weighted by molar-refractivity contribution is 7.47. The smallest absolute Gasteiger partial charge is 0.462 e. The van der Waals surface area contributed by atoms with Crippen molar-refractivity contribution in [1.82, 2.24) is 0 Å². The number of unbranched alkanes of at least 4 members (excludes halogenated alkanes) is 6. The summed E-state index contributed by atoms with van der Waals surface area (Å²) in [6, 6.07) is 0. The second-order valence-corrected chi connectivity index (χ2v) is 14.3. The molecule has 0 aromatic rings. The van der Waals surface area contributed by atoms with Crippen LogP contribution in [-0.4, -0.2) is 98.3 Å². The monoisotopic (exact) mass is 794 g/mol. The Kier molecular flexibility index (Phi) is 28.0. The van der Waals surface area contributed by atoms with Crippen molar-refractivity contribution < 1.29 is 63.1 Å². The van der Waals surface area contributed by atoms with Gasteiger partial charge in [-0.1, -0.05) is 124 Å². The highest BCUT2D eigenvalue weighted by Gasteiger charge is 2.51. The van der Waals surface area contributed by atoms with Gasteiger partial charge in [0.1, 0.15) is 43.2 Å². The lowest BCUT2D eigenvalue weighted by molar-refractivity contribution is -0.220. The lowest BCUT2D eigenvalue weighted by atomic mass is 9.85. The number of aliphatic hydroxyl groups excluding tert-OH is 5.